The predicted octanol–water partition coefficient (Wildman–Crippen LogP) is 5.23. The zero-order valence-corrected chi connectivity index (χ0v) is 23.9. The fourth-order valence-electron chi connectivity index (χ4n) is 5.54. The van der Waals surface area contributed by atoms with E-state index in [2.05, 4.69) is 32.7 Å². The van der Waals surface area contributed by atoms with E-state index < -0.39 is 0 Å². The number of fused-ring (bicyclic) bond motifs is 2. The molecule has 1 aliphatic rings. The summed E-state index contributed by atoms with van der Waals surface area (Å²) in [4.78, 5) is 19.6. The number of nitrogens with zero attached hydrogens (tertiary/aromatic N) is 2. The van der Waals surface area contributed by atoms with Crippen LogP contribution in [0, 0.1) is 0 Å². The van der Waals surface area contributed by atoms with E-state index in [1.165, 1.54) is 5.56 Å². The van der Waals surface area contributed by atoms with Crippen LogP contribution in [0.1, 0.15) is 22.7 Å². The summed E-state index contributed by atoms with van der Waals surface area (Å²) < 4.78 is 22.4. The first kappa shape index (κ1) is 28.0. The van der Waals surface area contributed by atoms with E-state index in [1.807, 2.05) is 48.5 Å². The number of hydrogen-bond acceptors (Lipinski definition) is 7. The molecular weight excluding hydrogens is 520 g/mol. The number of anilines is 1. The van der Waals surface area contributed by atoms with Crippen molar-refractivity contribution in [1.29, 1.82) is 0 Å². The molecule has 0 bridgehead atoms. The fraction of sp³-hybridized carbons (Fsp3) is 0.312. The van der Waals surface area contributed by atoms with Crippen LogP contribution < -0.4 is 29.6 Å². The van der Waals surface area contributed by atoms with Crippen molar-refractivity contribution < 1.29 is 23.7 Å². The van der Waals surface area contributed by atoms with Crippen molar-refractivity contribution in [3.63, 3.8) is 0 Å². The van der Waals surface area contributed by atoms with Crippen molar-refractivity contribution in [2.45, 2.75) is 18.9 Å². The predicted molar refractivity (Wildman–Crippen MR) is 160 cm³/mol. The monoisotopic (exact) mass is 556 g/mol. The second kappa shape index (κ2) is 12.8. The molecule has 1 unspecified atom stereocenters. The number of carbonyl (C=O) groups is 1. The van der Waals surface area contributed by atoms with Gasteiger partial charge in [0.05, 0.1) is 39.6 Å². The number of aromatic nitrogens is 1. The molecule has 2 amide bonds. The number of hydrogen-bond donors (Lipinski definition) is 2. The summed E-state index contributed by atoms with van der Waals surface area (Å²) in [6.07, 6.45) is 3.27. The molecule has 2 heterocycles. The summed E-state index contributed by atoms with van der Waals surface area (Å²) in [5.41, 5.74) is 5.02. The molecule has 0 radical (unpaired) electrons. The van der Waals surface area contributed by atoms with Gasteiger partial charge in [-0.1, -0.05) is 24.3 Å². The summed E-state index contributed by atoms with van der Waals surface area (Å²) in [7, 11) is 6.64. The Balaban J connectivity index is 1.35. The Bertz CT molecular complexity index is 1500. The SMILES string of the molecule is COc1cc2c(c(OC)c1)C(Cc1ccc(OC)c(OC)c1)N(CCNC(=O)Nc1ccnc3ccccc13)CC2. The topological polar surface area (TPSA) is 94.2 Å². The molecule has 5 rings (SSSR count). The molecule has 1 aliphatic heterocycles. The van der Waals surface area contributed by atoms with Gasteiger partial charge in [-0.2, -0.15) is 0 Å². The summed E-state index contributed by atoms with van der Waals surface area (Å²) in [6, 6.07) is 19.4. The van der Waals surface area contributed by atoms with Crippen molar-refractivity contribution in [2.75, 3.05) is 53.4 Å². The number of rotatable bonds is 10. The van der Waals surface area contributed by atoms with E-state index in [0.717, 1.165) is 58.6 Å². The fourth-order valence-corrected chi connectivity index (χ4v) is 5.54. The second-order valence-electron chi connectivity index (χ2n) is 9.85. The molecule has 9 nitrogen and oxygen atoms in total. The van der Waals surface area contributed by atoms with Gasteiger partial charge in [0.2, 0.25) is 0 Å². The Morgan fingerprint density at radius 3 is 2.51 bits per heavy atom. The van der Waals surface area contributed by atoms with Crippen molar-refractivity contribution in [3.05, 3.63) is 83.6 Å². The van der Waals surface area contributed by atoms with Gasteiger partial charge in [-0.05, 0) is 54.3 Å². The number of amides is 2. The summed E-state index contributed by atoms with van der Waals surface area (Å²) >= 11 is 0. The van der Waals surface area contributed by atoms with E-state index in [1.54, 1.807) is 34.6 Å². The Kier molecular flexibility index (Phi) is 8.74. The third-order valence-electron chi connectivity index (χ3n) is 7.56. The third-order valence-corrected chi connectivity index (χ3v) is 7.56. The van der Waals surface area contributed by atoms with Crippen LogP contribution in [0.3, 0.4) is 0 Å². The standard InChI is InChI=1S/C32H36N4O5/c1-38-23-19-22-12-15-36(16-14-34-32(37)35-26-11-13-33-25-8-6-5-7-24(25)26)27(31(22)30(20-23)41-4)17-21-9-10-28(39-2)29(18-21)40-3/h5-11,13,18-20,27H,12,14-17H2,1-4H3,(H2,33,34,35,37). The number of benzene rings is 3. The van der Waals surface area contributed by atoms with Gasteiger partial charge in [0.1, 0.15) is 11.5 Å². The van der Waals surface area contributed by atoms with E-state index in [0.29, 0.717) is 24.6 Å². The number of para-hydroxylation sites is 1. The first-order valence-electron chi connectivity index (χ1n) is 13.6. The van der Waals surface area contributed by atoms with E-state index in [-0.39, 0.29) is 12.1 Å². The Hall–Kier alpha value is -4.50. The lowest BCUT2D eigenvalue weighted by atomic mass is 9.87. The minimum absolute atomic E-state index is 0.0201. The normalized spacial score (nSPS) is 14.7. The van der Waals surface area contributed by atoms with E-state index in [4.69, 9.17) is 18.9 Å². The zero-order valence-electron chi connectivity index (χ0n) is 23.9. The van der Waals surface area contributed by atoms with Crippen LogP contribution >= 0.6 is 0 Å². The van der Waals surface area contributed by atoms with E-state index >= 15 is 0 Å². The highest BCUT2D eigenvalue weighted by molar-refractivity contribution is 6.00. The molecule has 0 spiro atoms. The Morgan fingerprint density at radius 1 is 0.927 bits per heavy atom. The lowest BCUT2D eigenvalue weighted by Gasteiger charge is -2.38. The minimum Gasteiger partial charge on any atom is -0.497 e. The first-order chi connectivity index (χ1) is 20.0. The summed E-state index contributed by atoms with van der Waals surface area (Å²) in [5.74, 6) is 2.96. The molecule has 9 heteroatoms. The molecule has 1 atom stereocenters. The molecule has 2 N–H and O–H groups in total. The summed E-state index contributed by atoms with van der Waals surface area (Å²) in [6.45, 7) is 1.97. The lowest BCUT2D eigenvalue weighted by molar-refractivity contribution is 0.179. The van der Waals surface area contributed by atoms with Crippen molar-refractivity contribution in [3.8, 4) is 23.0 Å². The van der Waals surface area contributed by atoms with Crippen LogP contribution in [0.25, 0.3) is 10.9 Å². The number of methoxy groups -OCH3 is 4. The maximum atomic E-state index is 12.8. The highest BCUT2D eigenvalue weighted by atomic mass is 16.5. The highest BCUT2D eigenvalue weighted by Gasteiger charge is 2.31. The van der Waals surface area contributed by atoms with Gasteiger partial charge < -0.3 is 29.6 Å². The van der Waals surface area contributed by atoms with Gasteiger partial charge in [0.25, 0.3) is 0 Å². The molecule has 0 saturated heterocycles. The minimum atomic E-state index is -0.252. The first-order valence-corrected chi connectivity index (χ1v) is 13.6. The van der Waals surface area contributed by atoms with Gasteiger partial charge >= 0.3 is 6.03 Å². The molecule has 3 aromatic carbocycles. The average Bonchev–Trinajstić information content (AvgIpc) is 3.01. The third kappa shape index (κ3) is 6.15. The maximum absolute atomic E-state index is 12.8. The van der Waals surface area contributed by atoms with Crippen molar-refractivity contribution in [1.82, 2.24) is 15.2 Å². The molecule has 41 heavy (non-hydrogen) atoms. The van der Waals surface area contributed by atoms with Crippen molar-refractivity contribution >= 4 is 22.6 Å². The number of pyridine rings is 1. The average molecular weight is 557 g/mol. The second-order valence-corrected chi connectivity index (χ2v) is 9.85. The Morgan fingerprint density at radius 2 is 1.73 bits per heavy atom. The van der Waals surface area contributed by atoms with Gasteiger partial charge in [-0.25, -0.2) is 4.79 Å². The van der Waals surface area contributed by atoms with Crippen molar-refractivity contribution in [2.24, 2.45) is 0 Å². The maximum Gasteiger partial charge on any atom is 0.319 e. The van der Waals surface area contributed by atoms with Gasteiger partial charge in [0.15, 0.2) is 11.5 Å². The lowest BCUT2D eigenvalue weighted by Crippen LogP contribution is -2.42. The molecule has 1 aromatic heterocycles. The number of nitrogens with one attached hydrogen (secondary N) is 2. The van der Waals surface area contributed by atoms with Gasteiger partial charge in [0, 0.05) is 48.9 Å². The van der Waals surface area contributed by atoms with Crippen LogP contribution in [-0.2, 0) is 12.8 Å². The van der Waals surface area contributed by atoms with Crippen LogP contribution in [0.5, 0.6) is 23.0 Å². The highest BCUT2D eigenvalue weighted by Crippen LogP contribution is 2.41. The Labute approximate surface area is 240 Å². The summed E-state index contributed by atoms with van der Waals surface area (Å²) in [5, 5.41) is 6.91. The van der Waals surface area contributed by atoms with Gasteiger partial charge in [-0.15, -0.1) is 0 Å². The molecule has 4 aromatic rings. The van der Waals surface area contributed by atoms with Gasteiger partial charge in [-0.3, -0.25) is 9.88 Å². The van der Waals surface area contributed by atoms with E-state index in [9.17, 15) is 4.79 Å². The zero-order chi connectivity index (χ0) is 28.8. The smallest absolute Gasteiger partial charge is 0.319 e. The van der Waals surface area contributed by atoms with Crippen LogP contribution in [0.2, 0.25) is 0 Å². The number of carbonyl (C=O) groups excluding carboxylic acids is 1. The molecule has 0 fully saturated rings. The molecular formula is C32H36N4O5. The van der Waals surface area contributed by atoms with Crippen LogP contribution in [0.15, 0.2) is 66.9 Å². The molecule has 0 saturated carbocycles. The largest absolute Gasteiger partial charge is 0.497 e. The molecule has 0 aliphatic carbocycles. The number of urea groups is 1. The molecule has 214 valence electrons. The van der Waals surface area contributed by atoms with Crippen LogP contribution in [-0.4, -0.2) is 64.0 Å². The quantitative estimate of drug-likeness (QED) is 0.276. The van der Waals surface area contributed by atoms with Crippen LogP contribution in [0.4, 0.5) is 10.5 Å². The number of ether oxygens (including phenoxy) is 4.